The number of benzene rings is 2. The van der Waals surface area contributed by atoms with Gasteiger partial charge in [-0.2, -0.15) is 0 Å². The second-order valence-electron chi connectivity index (χ2n) is 3.46. The molecule has 0 aromatic heterocycles. The monoisotopic (exact) mass is 330 g/mol. The summed E-state index contributed by atoms with van der Waals surface area (Å²) in [6.45, 7) is 0. The number of hydrogen-bond donors (Lipinski definition) is 0. The van der Waals surface area contributed by atoms with E-state index < -0.39 is 0 Å². The summed E-state index contributed by atoms with van der Waals surface area (Å²) < 4.78 is 6.52. The Kier molecular flexibility index (Phi) is 4.32. The zero-order valence-electron chi connectivity index (χ0n) is 8.79. The van der Waals surface area contributed by atoms with Crippen LogP contribution < -0.4 is 4.74 Å². The van der Waals surface area contributed by atoms with Gasteiger partial charge >= 0.3 is 0 Å². The summed E-state index contributed by atoms with van der Waals surface area (Å²) in [4.78, 5) is 0. The van der Waals surface area contributed by atoms with Crippen LogP contribution in [0.1, 0.15) is 5.56 Å². The van der Waals surface area contributed by atoms with Gasteiger partial charge in [0, 0.05) is 16.4 Å². The molecule has 0 aliphatic carbocycles. The summed E-state index contributed by atoms with van der Waals surface area (Å²) in [6.07, 6.45) is 0. The summed E-state index contributed by atoms with van der Waals surface area (Å²) in [7, 11) is 0. The topological polar surface area (TPSA) is 9.23 Å². The molecule has 0 saturated heterocycles. The third kappa shape index (κ3) is 3.38. The van der Waals surface area contributed by atoms with E-state index in [-0.39, 0.29) is 0 Å². The highest BCUT2D eigenvalue weighted by Gasteiger charge is 2.01. The highest BCUT2D eigenvalue weighted by Crippen LogP contribution is 2.29. The average Bonchev–Trinajstić information content (AvgIpc) is 2.35. The maximum absolute atomic E-state index is 5.98. The van der Waals surface area contributed by atoms with Gasteiger partial charge in [0.2, 0.25) is 0 Å². The minimum atomic E-state index is 0.504. The molecule has 0 unspecified atom stereocenters. The van der Waals surface area contributed by atoms with E-state index in [0.717, 1.165) is 15.8 Å². The van der Waals surface area contributed by atoms with Crippen molar-refractivity contribution >= 4 is 39.1 Å². The third-order valence-electron chi connectivity index (χ3n) is 2.20. The highest BCUT2D eigenvalue weighted by atomic mass is 79.9. The molecule has 0 aliphatic heterocycles. The molecule has 0 N–H and O–H groups in total. The summed E-state index contributed by atoms with van der Waals surface area (Å²) in [5.41, 5.74) is 1.06. The molecule has 0 spiro atoms. The molecule has 0 bridgehead atoms. The predicted molar refractivity (Wildman–Crippen MR) is 75.2 cm³/mol. The van der Waals surface area contributed by atoms with Crippen molar-refractivity contribution in [3.8, 4) is 11.5 Å². The van der Waals surface area contributed by atoms with Gasteiger partial charge in [-0.15, -0.1) is 11.6 Å². The van der Waals surface area contributed by atoms with Crippen LogP contribution in [0.3, 0.4) is 0 Å². The number of hydrogen-bond acceptors (Lipinski definition) is 1. The van der Waals surface area contributed by atoms with Gasteiger partial charge in [0.15, 0.2) is 0 Å². The van der Waals surface area contributed by atoms with Gasteiger partial charge in [0.05, 0.1) is 5.02 Å². The van der Waals surface area contributed by atoms with Crippen molar-refractivity contribution in [3.63, 3.8) is 0 Å². The van der Waals surface area contributed by atoms with Gasteiger partial charge in [0.1, 0.15) is 11.5 Å². The predicted octanol–water partition coefficient (Wildman–Crippen LogP) is 5.63. The smallest absolute Gasteiger partial charge is 0.128 e. The second kappa shape index (κ2) is 5.76. The lowest BCUT2D eigenvalue weighted by Crippen LogP contribution is -1.85. The van der Waals surface area contributed by atoms with Gasteiger partial charge < -0.3 is 4.74 Å². The first kappa shape index (κ1) is 12.7. The van der Waals surface area contributed by atoms with Crippen molar-refractivity contribution in [2.75, 3.05) is 0 Å². The summed E-state index contributed by atoms with van der Waals surface area (Å²) >= 11 is 15.0. The first-order valence-corrected chi connectivity index (χ1v) is 6.67. The standard InChI is InChI=1S/C13H9BrCl2O/c14-12-6-5-11(7-13(12)16)17-10-3-1-9(8-15)2-4-10/h1-7H,8H2. The van der Waals surface area contributed by atoms with Crippen molar-refractivity contribution in [3.05, 3.63) is 57.5 Å². The Morgan fingerprint density at radius 1 is 1.00 bits per heavy atom. The molecule has 0 fully saturated rings. The van der Waals surface area contributed by atoms with Gasteiger partial charge in [0.25, 0.3) is 0 Å². The maximum atomic E-state index is 5.98. The van der Waals surface area contributed by atoms with E-state index in [9.17, 15) is 0 Å². The molecule has 88 valence electrons. The van der Waals surface area contributed by atoms with E-state index in [1.807, 2.05) is 36.4 Å². The Bertz CT molecular complexity index is 511. The van der Waals surface area contributed by atoms with Crippen molar-refractivity contribution in [1.29, 1.82) is 0 Å². The number of rotatable bonds is 3. The first-order chi connectivity index (χ1) is 8.19. The Morgan fingerprint density at radius 2 is 1.65 bits per heavy atom. The van der Waals surface area contributed by atoms with E-state index in [1.165, 1.54) is 0 Å². The van der Waals surface area contributed by atoms with E-state index >= 15 is 0 Å². The highest BCUT2D eigenvalue weighted by molar-refractivity contribution is 9.10. The summed E-state index contributed by atoms with van der Waals surface area (Å²) in [5.74, 6) is 1.97. The number of halogens is 3. The van der Waals surface area contributed by atoms with Crippen LogP contribution in [0.4, 0.5) is 0 Å². The van der Waals surface area contributed by atoms with Crippen LogP contribution in [0.15, 0.2) is 46.9 Å². The zero-order valence-corrected chi connectivity index (χ0v) is 11.9. The number of alkyl halides is 1. The van der Waals surface area contributed by atoms with Crippen LogP contribution >= 0.6 is 39.1 Å². The van der Waals surface area contributed by atoms with Gasteiger partial charge in [-0.1, -0.05) is 23.7 Å². The first-order valence-electron chi connectivity index (χ1n) is 4.97. The van der Waals surface area contributed by atoms with Crippen molar-refractivity contribution in [2.24, 2.45) is 0 Å². The fourth-order valence-corrected chi connectivity index (χ4v) is 1.92. The molecule has 0 heterocycles. The molecule has 0 aliphatic rings. The van der Waals surface area contributed by atoms with Crippen LogP contribution in [-0.4, -0.2) is 0 Å². The molecule has 0 radical (unpaired) electrons. The minimum absolute atomic E-state index is 0.504. The Morgan fingerprint density at radius 3 is 2.24 bits per heavy atom. The van der Waals surface area contributed by atoms with Crippen molar-refractivity contribution in [1.82, 2.24) is 0 Å². The van der Waals surface area contributed by atoms with Crippen LogP contribution in [0, 0.1) is 0 Å². The molecular formula is C13H9BrCl2O. The molecule has 4 heteroatoms. The fourth-order valence-electron chi connectivity index (χ4n) is 1.32. The molecule has 0 amide bonds. The Hall–Kier alpha value is -0.700. The normalized spacial score (nSPS) is 10.3. The van der Waals surface area contributed by atoms with Crippen LogP contribution in [0.5, 0.6) is 11.5 Å². The lowest BCUT2D eigenvalue weighted by molar-refractivity contribution is 0.482. The second-order valence-corrected chi connectivity index (χ2v) is 4.98. The van der Waals surface area contributed by atoms with Crippen molar-refractivity contribution in [2.45, 2.75) is 5.88 Å². The van der Waals surface area contributed by atoms with Gasteiger partial charge in [-0.3, -0.25) is 0 Å². The molecule has 0 saturated carbocycles. The quantitative estimate of drug-likeness (QED) is 0.662. The zero-order chi connectivity index (χ0) is 12.3. The molecule has 1 nitrogen and oxygen atoms in total. The van der Waals surface area contributed by atoms with Crippen LogP contribution in [0.25, 0.3) is 0 Å². The lowest BCUT2D eigenvalue weighted by Gasteiger charge is -2.07. The summed E-state index contributed by atoms with van der Waals surface area (Å²) in [5, 5.41) is 0.625. The molecule has 0 atom stereocenters. The maximum Gasteiger partial charge on any atom is 0.128 e. The lowest BCUT2D eigenvalue weighted by atomic mass is 10.2. The Balaban J connectivity index is 2.16. The molecular weight excluding hydrogens is 323 g/mol. The van der Waals surface area contributed by atoms with Gasteiger partial charge in [-0.05, 0) is 45.8 Å². The molecule has 2 aromatic rings. The average molecular weight is 332 g/mol. The Labute approximate surface area is 118 Å². The fraction of sp³-hybridized carbons (Fsp3) is 0.0769. The van der Waals surface area contributed by atoms with E-state index in [1.54, 1.807) is 6.07 Å². The number of ether oxygens (including phenoxy) is 1. The molecule has 17 heavy (non-hydrogen) atoms. The third-order valence-corrected chi connectivity index (χ3v) is 3.75. The van der Waals surface area contributed by atoms with E-state index in [4.69, 9.17) is 27.9 Å². The van der Waals surface area contributed by atoms with Gasteiger partial charge in [-0.25, -0.2) is 0 Å². The van der Waals surface area contributed by atoms with Crippen molar-refractivity contribution < 1.29 is 4.74 Å². The van der Waals surface area contributed by atoms with Crippen LogP contribution in [-0.2, 0) is 5.88 Å². The SMILES string of the molecule is ClCc1ccc(Oc2ccc(Br)c(Cl)c2)cc1. The summed E-state index contributed by atoms with van der Waals surface area (Å²) in [6, 6.07) is 13.1. The van der Waals surface area contributed by atoms with E-state index in [0.29, 0.717) is 16.7 Å². The van der Waals surface area contributed by atoms with E-state index in [2.05, 4.69) is 15.9 Å². The van der Waals surface area contributed by atoms with Crippen LogP contribution in [0.2, 0.25) is 5.02 Å². The largest absolute Gasteiger partial charge is 0.457 e. The molecule has 2 aromatic carbocycles. The molecule has 2 rings (SSSR count). The minimum Gasteiger partial charge on any atom is -0.457 e.